The molecule has 0 aliphatic rings. The van der Waals surface area contributed by atoms with Gasteiger partial charge in [0, 0.05) is 18.3 Å². The van der Waals surface area contributed by atoms with Crippen LogP contribution in [-0.4, -0.2) is 4.92 Å². The van der Waals surface area contributed by atoms with Gasteiger partial charge in [0.15, 0.2) is 0 Å². The molecule has 0 spiro atoms. The monoisotopic (exact) mass is 261 g/mol. The molecule has 0 saturated carbocycles. The first-order chi connectivity index (χ1) is 9.11. The van der Waals surface area contributed by atoms with Crippen LogP contribution >= 0.6 is 0 Å². The lowest BCUT2D eigenvalue weighted by molar-refractivity contribution is -0.383. The van der Waals surface area contributed by atoms with E-state index in [9.17, 15) is 14.5 Å². The van der Waals surface area contributed by atoms with Crippen molar-refractivity contribution >= 4 is 17.1 Å². The van der Waals surface area contributed by atoms with Crippen molar-refractivity contribution in [3.05, 3.63) is 64.0 Å². The molecular formula is C13H12FN3O2. The number of benzene rings is 2. The Hall–Kier alpha value is -2.47. The lowest BCUT2D eigenvalue weighted by Crippen LogP contribution is -2.04. The summed E-state index contributed by atoms with van der Waals surface area (Å²) in [6.45, 7) is 0.140. The van der Waals surface area contributed by atoms with E-state index < -0.39 is 10.7 Å². The van der Waals surface area contributed by atoms with Gasteiger partial charge in [0.1, 0.15) is 11.5 Å². The number of rotatable bonds is 4. The maximum absolute atomic E-state index is 13.1. The smallest absolute Gasteiger partial charge is 0.292 e. The minimum atomic E-state index is -0.478. The van der Waals surface area contributed by atoms with Gasteiger partial charge in [0.2, 0.25) is 0 Å². The molecule has 19 heavy (non-hydrogen) atoms. The summed E-state index contributed by atoms with van der Waals surface area (Å²) < 4.78 is 13.1. The van der Waals surface area contributed by atoms with E-state index in [2.05, 4.69) is 5.32 Å². The number of para-hydroxylation sites is 2. The molecule has 0 bridgehead atoms. The third-order valence-electron chi connectivity index (χ3n) is 2.66. The maximum Gasteiger partial charge on any atom is 0.292 e. The molecule has 0 unspecified atom stereocenters. The Bertz CT molecular complexity index is 617. The van der Waals surface area contributed by atoms with Gasteiger partial charge in [0.05, 0.1) is 4.92 Å². The van der Waals surface area contributed by atoms with Gasteiger partial charge in [-0.25, -0.2) is 4.39 Å². The van der Waals surface area contributed by atoms with E-state index in [4.69, 9.17) is 5.73 Å². The molecule has 0 atom stereocenters. The molecule has 0 radical (unpaired) electrons. The Kier molecular flexibility index (Phi) is 3.72. The molecular weight excluding hydrogens is 249 g/mol. The molecule has 0 fully saturated rings. The summed E-state index contributed by atoms with van der Waals surface area (Å²) in [5.41, 5.74) is 6.93. The average molecular weight is 261 g/mol. The maximum atomic E-state index is 13.1. The minimum absolute atomic E-state index is 0.0465. The Balaban J connectivity index is 2.39. The molecule has 0 amide bonds. The zero-order valence-corrected chi connectivity index (χ0v) is 9.97. The van der Waals surface area contributed by atoms with Crippen LogP contribution in [0.25, 0.3) is 0 Å². The summed E-state index contributed by atoms with van der Waals surface area (Å²) in [5.74, 6) is -0.395. The number of hydrogen-bond acceptors (Lipinski definition) is 4. The third kappa shape index (κ3) is 2.86. The van der Waals surface area contributed by atoms with Gasteiger partial charge in [0.25, 0.3) is 5.69 Å². The zero-order chi connectivity index (χ0) is 13.8. The van der Waals surface area contributed by atoms with Crippen LogP contribution in [0, 0.1) is 15.9 Å². The van der Waals surface area contributed by atoms with Crippen molar-refractivity contribution < 1.29 is 9.31 Å². The molecule has 0 aliphatic carbocycles. The van der Waals surface area contributed by atoms with E-state index in [-0.39, 0.29) is 12.2 Å². The predicted molar refractivity (Wildman–Crippen MR) is 70.7 cm³/mol. The van der Waals surface area contributed by atoms with E-state index in [0.29, 0.717) is 16.9 Å². The quantitative estimate of drug-likeness (QED) is 0.655. The van der Waals surface area contributed by atoms with Crippen molar-refractivity contribution in [2.24, 2.45) is 5.73 Å². The number of anilines is 2. The molecule has 0 saturated heterocycles. The fourth-order valence-electron chi connectivity index (χ4n) is 1.74. The van der Waals surface area contributed by atoms with Gasteiger partial charge in [-0.1, -0.05) is 12.1 Å². The van der Waals surface area contributed by atoms with Gasteiger partial charge in [-0.15, -0.1) is 0 Å². The molecule has 6 heteroatoms. The van der Waals surface area contributed by atoms with Crippen LogP contribution in [0.2, 0.25) is 0 Å². The molecule has 0 aliphatic heterocycles. The number of nitro groups is 1. The molecule has 2 rings (SSSR count). The van der Waals surface area contributed by atoms with Gasteiger partial charge < -0.3 is 11.1 Å². The Morgan fingerprint density at radius 2 is 1.95 bits per heavy atom. The van der Waals surface area contributed by atoms with E-state index in [1.165, 1.54) is 24.3 Å². The highest BCUT2D eigenvalue weighted by Gasteiger charge is 2.13. The van der Waals surface area contributed by atoms with Crippen LogP contribution in [0.5, 0.6) is 0 Å². The number of nitrogens with two attached hydrogens (primary N) is 1. The van der Waals surface area contributed by atoms with Crippen molar-refractivity contribution in [3.8, 4) is 0 Å². The predicted octanol–water partition coefficient (Wildman–Crippen LogP) is 2.94. The average Bonchev–Trinajstić information content (AvgIpc) is 2.41. The van der Waals surface area contributed by atoms with Crippen molar-refractivity contribution in [1.29, 1.82) is 0 Å². The summed E-state index contributed by atoms with van der Waals surface area (Å²) in [4.78, 5) is 10.4. The zero-order valence-electron chi connectivity index (χ0n) is 9.97. The van der Waals surface area contributed by atoms with Crippen molar-refractivity contribution in [2.75, 3.05) is 5.32 Å². The lowest BCUT2D eigenvalue weighted by Gasteiger charge is -2.11. The van der Waals surface area contributed by atoms with E-state index >= 15 is 0 Å². The van der Waals surface area contributed by atoms with Crippen LogP contribution in [-0.2, 0) is 6.54 Å². The van der Waals surface area contributed by atoms with Gasteiger partial charge in [-0.2, -0.15) is 0 Å². The molecule has 5 nitrogen and oxygen atoms in total. The van der Waals surface area contributed by atoms with Crippen LogP contribution in [0.1, 0.15) is 5.56 Å². The number of nitro benzene ring substituents is 1. The molecule has 2 aromatic rings. The summed E-state index contributed by atoms with van der Waals surface area (Å²) in [6.07, 6.45) is 0. The molecule has 0 aromatic heterocycles. The summed E-state index contributed by atoms with van der Waals surface area (Å²) >= 11 is 0. The first kappa shape index (κ1) is 13.0. The van der Waals surface area contributed by atoms with Gasteiger partial charge >= 0.3 is 0 Å². The second-order valence-electron chi connectivity index (χ2n) is 3.90. The fourth-order valence-corrected chi connectivity index (χ4v) is 1.74. The van der Waals surface area contributed by atoms with E-state index in [0.717, 1.165) is 0 Å². The standard InChI is InChI=1S/C13H12FN3O2/c14-10-5-6-11(9(7-10)8-15)16-12-3-1-2-4-13(12)17(18)19/h1-7,16H,8,15H2. The van der Waals surface area contributed by atoms with Crippen LogP contribution in [0.4, 0.5) is 21.5 Å². The second kappa shape index (κ2) is 5.45. The fraction of sp³-hybridized carbons (Fsp3) is 0.0769. The second-order valence-corrected chi connectivity index (χ2v) is 3.90. The normalized spacial score (nSPS) is 10.2. The number of halogens is 1. The summed E-state index contributed by atoms with van der Waals surface area (Å²) in [5, 5.41) is 13.8. The summed E-state index contributed by atoms with van der Waals surface area (Å²) in [7, 11) is 0. The highest BCUT2D eigenvalue weighted by molar-refractivity contribution is 5.71. The molecule has 3 N–H and O–H groups in total. The first-order valence-corrected chi connectivity index (χ1v) is 5.60. The van der Waals surface area contributed by atoms with E-state index in [1.807, 2.05) is 0 Å². The Morgan fingerprint density at radius 3 is 2.63 bits per heavy atom. The topological polar surface area (TPSA) is 81.2 Å². The van der Waals surface area contributed by atoms with Crippen LogP contribution in [0.3, 0.4) is 0 Å². The van der Waals surface area contributed by atoms with Crippen LogP contribution in [0.15, 0.2) is 42.5 Å². The lowest BCUT2D eigenvalue weighted by atomic mass is 10.1. The summed E-state index contributed by atoms with van der Waals surface area (Å²) in [6, 6.07) is 10.3. The van der Waals surface area contributed by atoms with Crippen molar-refractivity contribution in [1.82, 2.24) is 0 Å². The van der Waals surface area contributed by atoms with Gasteiger partial charge in [-0.3, -0.25) is 10.1 Å². The molecule has 98 valence electrons. The Labute approximate surface area is 109 Å². The number of hydrogen-bond donors (Lipinski definition) is 2. The SMILES string of the molecule is NCc1cc(F)ccc1Nc1ccccc1[N+](=O)[O-]. The highest BCUT2D eigenvalue weighted by Crippen LogP contribution is 2.28. The van der Waals surface area contributed by atoms with Crippen LogP contribution < -0.4 is 11.1 Å². The molecule has 2 aromatic carbocycles. The first-order valence-electron chi connectivity index (χ1n) is 5.60. The van der Waals surface area contributed by atoms with Crippen molar-refractivity contribution in [2.45, 2.75) is 6.54 Å². The highest BCUT2D eigenvalue weighted by atomic mass is 19.1. The van der Waals surface area contributed by atoms with Crippen molar-refractivity contribution in [3.63, 3.8) is 0 Å². The largest absolute Gasteiger partial charge is 0.350 e. The van der Waals surface area contributed by atoms with E-state index in [1.54, 1.807) is 18.2 Å². The molecule has 0 heterocycles. The minimum Gasteiger partial charge on any atom is -0.350 e. The number of nitrogens with zero attached hydrogens (tertiary/aromatic N) is 1. The number of nitrogens with one attached hydrogen (secondary N) is 1. The Morgan fingerprint density at radius 1 is 1.21 bits per heavy atom. The van der Waals surface area contributed by atoms with Gasteiger partial charge in [-0.05, 0) is 29.8 Å². The third-order valence-corrected chi connectivity index (χ3v) is 2.66.